The molecular formula is C22H22N2O4. The van der Waals surface area contributed by atoms with Crippen molar-refractivity contribution < 1.29 is 19.1 Å². The molecule has 1 saturated heterocycles. The van der Waals surface area contributed by atoms with E-state index < -0.39 is 5.97 Å². The first-order chi connectivity index (χ1) is 13.6. The second-order valence-corrected chi connectivity index (χ2v) is 7.11. The topological polar surface area (TPSA) is 66.9 Å². The molecule has 144 valence electrons. The Kier molecular flexibility index (Phi) is 5.10. The number of rotatable bonds is 4. The van der Waals surface area contributed by atoms with Crippen LogP contribution in [0.2, 0.25) is 0 Å². The van der Waals surface area contributed by atoms with Crippen LogP contribution in [0, 0.1) is 0 Å². The van der Waals surface area contributed by atoms with Gasteiger partial charge in [0.2, 0.25) is 5.91 Å². The zero-order valence-corrected chi connectivity index (χ0v) is 15.6. The van der Waals surface area contributed by atoms with Gasteiger partial charge in [-0.2, -0.15) is 0 Å². The molecule has 0 bridgehead atoms. The molecule has 0 atom stereocenters. The van der Waals surface area contributed by atoms with Gasteiger partial charge in [0.1, 0.15) is 0 Å². The van der Waals surface area contributed by atoms with Gasteiger partial charge in [-0.25, -0.2) is 4.79 Å². The van der Waals surface area contributed by atoms with E-state index in [2.05, 4.69) is 6.07 Å². The number of hydrogen-bond donors (Lipinski definition) is 0. The molecule has 2 aliphatic rings. The summed E-state index contributed by atoms with van der Waals surface area (Å²) in [4.78, 5) is 40.1. The number of esters is 1. The van der Waals surface area contributed by atoms with E-state index in [1.165, 1.54) is 5.56 Å². The summed E-state index contributed by atoms with van der Waals surface area (Å²) in [5.74, 6) is -0.695. The van der Waals surface area contributed by atoms with Gasteiger partial charge in [0, 0.05) is 31.7 Å². The highest BCUT2D eigenvalue weighted by Gasteiger charge is 2.24. The SMILES string of the molecule is O=C(OCC(=O)N1CCc2ccccc2C1)c1cccc(N2CCCC2=O)c1. The minimum absolute atomic E-state index is 0.0612. The average Bonchev–Trinajstić information content (AvgIpc) is 3.17. The summed E-state index contributed by atoms with van der Waals surface area (Å²) in [6.45, 7) is 1.54. The highest BCUT2D eigenvalue weighted by molar-refractivity contribution is 5.97. The molecule has 2 aromatic rings. The van der Waals surface area contributed by atoms with Crippen LogP contribution in [0.15, 0.2) is 48.5 Å². The quantitative estimate of drug-likeness (QED) is 0.767. The molecule has 28 heavy (non-hydrogen) atoms. The predicted octanol–water partition coefficient (Wildman–Crippen LogP) is 2.56. The lowest BCUT2D eigenvalue weighted by Gasteiger charge is -2.28. The van der Waals surface area contributed by atoms with Crippen molar-refractivity contribution in [1.29, 1.82) is 0 Å². The molecule has 6 heteroatoms. The number of ether oxygens (including phenoxy) is 1. The van der Waals surface area contributed by atoms with Crippen molar-refractivity contribution in [3.8, 4) is 0 Å². The lowest BCUT2D eigenvalue weighted by atomic mass is 10.00. The fourth-order valence-electron chi connectivity index (χ4n) is 3.73. The van der Waals surface area contributed by atoms with Crippen molar-refractivity contribution in [1.82, 2.24) is 4.90 Å². The molecule has 0 unspecified atom stereocenters. The van der Waals surface area contributed by atoms with Gasteiger partial charge in [-0.3, -0.25) is 9.59 Å². The Morgan fingerprint density at radius 1 is 0.964 bits per heavy atom. The summed E-state index contributed by atoms with van der Waals surface area (Å²) in [7, 11) is 0. The maximum absolute atomic E-state index is 12.5. The number of benzene rings is 2. The molecule has 0 spiro atoms. The number of amides is 2. The van der Waals surface area contributed by atoms with Gasteiger partial charge < -0.3 is 14.5 Å². The Balaban J connectivity index is 1.36. The Bertz CT molecular complexity index is 924. The lowest BCUT2D eigenvalue weighted by molar-refractivity contribution is -0.135. The van der Waals surface area contributed by atoms with E-state index >= 15 is 0 Å². The summed E-state index contributed by atoms with van der Waals surface area (Å²) in [6, 6.07) is 14.9. The van der Waals surface area contributed by atoms with E-state index in [0.717, 1.165) is 18.4 Å². The van der Waals surface area contributed by atoms with Gasteiger partial charge in [0.15, 0.2) is 6.61 Å². The van der Waals surface area contributed by atoms with E-state index in [9.17, 15) is 14.4 Å². The molecule has 1 fully saturated rings. The number of hydrogen-bond acceptors (Lipinski definition) is 4. The molecule has 0 saturated carbocycles. The van der Waals surface area contributed by atoms with Gasteiger partial charge in [-0.05, 0) is 42.2 Å². The molecule has 2 heterocycles. The normalized spacial score (nSPS) is 16.1. The van der Waals surface area contributed by atoms with Gasteiger partial charge in [-0.1, -0.05) is 30.3 Å². The smallest absolute Gasteiger partial charge is 0.338 e. The van der Waals surface area contributed by atoms with Crippen molar-refractivity contribution in [3.63, 3.8) is 0 Å². The maximum atomic E-state index is 12.5. The summed E-state index contributed by atoms with van der Waals surface area (Å²) in [6.07, 6.45) is 2.16. The van der Waals surface area contributed by atoms with Gasteiger partial charge in [0.05, 0.1) is 5.56 Å². The highest BCUT2D eigenvalue weighted by atomic mass is 16.5. The van der Waals surface area contributed by atoms with Crippen molar-refractivity contribution in [2.45, 2.75) is 25.8 Å². The van der Waals surface area contributed by atoms with E-state index in [1.807, 2.05) is 18.2 Å². The third-order valence-electron chi connectivity index (χ3n) is 5.28. The minimum Gasteiger partial charge on any atom is -0.452 e. The maximum Gasteiger partial charge on any atom is 0.338 e. The largest absolute Gasteiger partial charge is 0.452 e. The molecule has 6 nitrogen and oxygen atoms in total. The summed E-state index contributed by atoms with van der Waals surface area (Å²) in [5, 5.41) is 0. The number of carbonyl (C=O) groups is 3. The molecule has 0 aromatic heterocycles. The zero-order valence-electron chi connectivity index (χ0n) is 15.6. The lowest BCUT2D eigenvalue weighted by Crippen LogP contribution is -2.38. The monoisotopic (exact) mass is 378 g/mol. The van der Waals surface area contributed by atoms with Gasteiger partial charge in [-0.15, -0.1) is 0 Å². The Labute approximate surface area is 163 Å². The third kappa shape index (κ3) is 3.76. The van der Waals surface area contributed by atoms with Crippen LogP contribution >= 0.6 is 0 Å². The predicted molar refractivity (Wildman–Crippen MR) is 104 cm³/mol. The zero-order chi connectivity index (χ0) is 19.5. The first-order valence-electron chi connectivity index (χ1n) is 9.54. The minimum atomic E-state index is -0.556. The molecular weight excluding hydrogens is 356 g/mol. The van der Waals surface area contributed by atoms with Crippen LogP contribution in [0.1, 0.15) is 34.3 Å². The number of anilines is 1. The van der Waals surface area contributed by atoms with Crippen molar-refractivity contribution >= 4 is 23.5 Å². The van der Waals surface area contributed by atoms with E-state index in [-0.39, 0.29) is 18.4 Å². The van der Waals surface area contributed by atoms with Crippen molar-refractivity contribution in [2.24, 2.45) is 0 Å². The Hall–Kier alpha value is -3.15. The standard InChI is InChI=1S/C22H22N2O4/c25-20-9-4-11-24(20)19-8-3-7-17(13-19)22(27)28-15-21(26)23-12-10-16-5-1-2-6-18(16)14-23/h1-3,5-8,13H,4,9-12,14-15H2. The van der Waals surface area contributed by atoms with Crippen LogP contribution in [-0.4, -0.2) is 42.4 Å². The number of fused-ring (bicyclic) bond motifs is 1. The Morgan fingerprint density at radius 3 is 2.57 bits per heavy atom. The first kappa shape index (κ1) is 18.2. The molecule has 2 amide bonds. The fraction of sp³-hybridized carbons (Fsp3) is 0.318. The van der Waals surface area contributed by atoms with Crippen LogP contribution in [0.5, 0.6) is 0 Å². The van der Waals surface area contributed by atoms with Crippen LogP contribution < -0.4 is 4.90 Å². The van der Waals surface area contributed by atoms with E-state index in [1.54, 1.807) is 34.1 Å². The average molecular weight is 378 g/mol. The van der Waals surface area contributed by atoms with Gasteiger partial charge in [0.25, 0.3) is 5.91 Å². The molecule has 0 aliphatic carbocycles. The highest BCUT2D eigenvalue weighted by Crippen LogP contribution is 2.23. The van der Waals surface area contributed by atoms with E-state index in [4.69, 9.17) is 4.74 Å². The van der Waals surface area contributed by atoms with Crippen molar-refractivity contribution in [2.75, 3.05) is 24.6 Å². The van der Waals surface area contributed by atoms with Crippen molar-refractivity contribution in [3.05, 3.63) is 65.2 Å². The third-order valence-corrected chi connectivity index (χ3v) is 5.28. The molecule has 0 N–H and O–H groups in total. The molecule has 2 aliphatic heterocycles. The summed E-state index contributed by atoms with van der Waals surface area (Å²) < 4.78 is 5.24. The van der Waals surface area contributed by atoms with Crippen LogP contribution in [0.25, 0.3) is 0 Å². The number of nitrogens with zero attached hydrogens (tertiary/aromatic N) is 2. The van der Waals surface area contributed by atoms with Crippen LogP contribution in [-0.2, 0) is 27.3 Å². The van der Waals surface area contributed by atoms with E-state index in [0.29, 0.717) is 37.3 Å². The van der Waals surface area contributed by atoms with Crippen LogP contribution in [0.4, 0.5) is 5.69 Å². The molecule has 2 aromatic carbocycles. The summed E-state index contributed by atoms with van der Waals surface area (Å²) in [5.41, 5.74) is 3.43. The second-order valence-electron chi connectivity index (χ2n) is 7.11. The fourth-order valence-corrected chi connectivity index (χ4v) is 3.73. The second kappa shape index (κ2) is 7.84. The molecule has 0 radical (unpaired) electrons. The summed E-state index contributed by atoms with van der Waals surface area (Å²) >= 11 is 0. The van der Waals surface area contributed by atoms with Crippen LogP contribution in [0.3, 0.4) is 0 Å². The van der Waals surface area contributed by atoms with Gasteiger partial charge >= 0.3 is 5.97 Å². The molecule has 4 rings (SSSR count). The first-order valence-corrected chi connectivity index (χ1v) is 9.54. The number of carbonyl (C=O) groups excluding carboxylic acids is 3. The Morgan fingerprint density at radius 2 is 1.79 bits per heavy atom.